The van der Waals surface area contributed by atoms with Gasteiger partial charge in [0.25, 0.3) is 0 Å². The lowest BCUT2D eigenvalue weighted by molar-refractivity contribution is -0.136. The van der Waals surface area contributed by atoms with Crippen LogP contribution < -0.4 is 4.90 Å². The summed E-state index contributed by atoms with van der Waals surface area (Å²) in [7, 11) is 0. The van der Waals surface area contributed by atoms with Gasteiger partial charge >= 0.3 is 5.97 Å². The molecule has 2 rings (SSSR count). The van der Waals surface area contributed by atoms with Gasteiger partial charge in [0, 0.05) is 11.3 Å². The molecule has 0 aliphatic carbocycles. The van der Waals surface area contributed by atoms with Crippen molar-refractivity contribution in [3.05, 3.63) is 60.2 Å². The fraction of sp³-hybridized carbons (Fsp3) is 0.125. The van der Waals surface area contributed by atoms with Gasteiger partial charge in [0.2, 0.25) is 5.91 Å². The van der Waals surface area contributed by atoms with Crippen LogP contribution in [0.4, 0.5) is 5.69 Å². The Labute approximate surface area is 122 Å². The van der Waals surface area contributed by atoms with Crippen molar-refractivity contribution in [1.29, 1.82) is 0 Å². The monoisotopic (exact) mass is 285 g/mol. The Hall–Kier alpha value is -2.82. The predicted octanol–water partition coefficient (Wildman–Crippen LogP) is 2.05. The molecule has 0 atom stereocenters. The van der Waals surface area contributed by atoms with Crippen LogP contribution >= 0.6 is 0 Å². The molecule has 0 bridgehead atoms. The third kappa shape index (κ3) is 3.82. The highest BCUT2D eigenvalue weighted by Crippen LogP contribution is 2.19. The molecule has 2 aromatic carbocycles. The summed E-state index contributed by atoms with van der Waals surface area (Å²) in [6.45, 7) is -0.420. The summed E-state index contributed by atoms with van der Waals surface area (Å²) in [5, 5.41) is 18.7. The van der Waals surface area contributed by atoms with Crippen molar-refractivity contribution in [2.45, 2.75) is 6.42 Å². The second kappa shape index (κ2) is 6.56. The largest absolute Gasteiger partial charge is 0.508 e. The molecule has 108 valence electrons. The number of phenols is 1. The summed E-state index contributed by atoms with van der Waals surface area (Å²) in [6.07, 6.45) is -0.0607. The van der Waals surface area contributed by atoms with Crippen LogP contribution in [0.2, 0.25) is 0 Å². The van der Waals surface area contributed by atoms with E-state index in [1.807, 2.05) is 0 Å². The van der Waals surface area contributed by atoms with Gasteiger partial charge in [-0.25, -0.2) is 0 Å². The molecule has 0 unspecified atom stereocenters. The second-order valence-electron chi connectivity index (χ2n) is 4.51. The van der Waals surface area contributed by atoms with E-state index in [0.29, 0.717) is 11.3 Å². The van der Waals surface area contributed by atoms with Gasteiger partial charge in [0.05, 0.1) is 6.42 Å². The summed E-state index contributed by atoms with van der Waals surface area (Å²) in [6, 6.07) is 15.1. The lowest BCUT2D eigenvalue weighted by atomic mass is 10.1. The molecule has 21 heavy (non-hydrogen) atoms. The predicted molar refractivity (Wildman–Crippen MR) is 78.2 cm³/mol. The minimum Gasteiger partial charge on any atom is -0.508 e. The van der Waals surface area contributed by atoms with Gasteiger partial charge in [-0.3, -0.25) is 9.59 Å². The first kappa shape index (κ1) is 14.6. The molecule has 5 heteroatoms. The molecule has 0 radical (unpaired) electrons. The van der Waals surface area contributed by atoms with E-state index in [9.17, 15) is 14.7 Å². The molecule has 0 heterocycles. The summed E-state index contributed by atoms with van der Waals surface area (Å²) in [5.74, 6) is -1.45. The number of para-hydroxylation sites is 2. The number of hydrogen-bond acceptors (Lipinski definition) is 3. The zero-order chi connectivity index (χ0) is 15.2. The number of phenolic OH excluding ortho intramolecular Hbond substituents is 1. The van der Waals surface area contributed by atoms with Crippen molar-refractivity contribution in [2.24, 2.45) is 0 Å². The Morgan fingerprint density at radius 1 is 0.952 bits per heavy atom. The smallest absolute Gasteiger partial charge is 0.323 e. The zero-order valence-electron chi connectivity index (χ0n) is 11.3. The van der Waals surface area contributed by atoms with Gasteiger partial charge in [-0.05, 0) is 18.2 Å². The van der Waals surface area contributed by atoms with Gasteiger partial charge in [0.15, 0.2) is 0 Å². The van der Waals surface area contributed by atoms with Crippen LogP contribution in [0.1, 0.15) is 5.56 Å². The van der Waals surface area contributed by atoms with E-state index >= 15 is 0 Å². The third-order valence-corrected chi connectivity index (χ3v) is 3.00. The first-order chi connectivity index (χ1) is 10.1. The quantitative estimate of drug-likeness (QED) is 0.881. The number of benzene rings is 2. The van der Waals surface area contributed by atoms with Crippen LogP contribution in [-0.4, -0.2) is 28.6 Å². The average molecular weight is 285 g/mol. The molecule has 0 aliphatic heterocycles. The van der Waals surface area contributed by atoms with Crippen LogP contribution in [0.3, 0.4) is 0 Å². The Morgan fingerprint density at radius 2 is 1.57 bits per heavy atom. The maximum Gasteiger partial charge on any atom is 0.323 e. The van der Waals surface area contributed by atoms with Crippen LogP contribution in [0.15, 0.2) is 54.6 Å². The number of rotatable bonds is 5. The molecule has 2 aromatic rings. The van der Waals surface area contributed by atoms with Crippen molar-refractivity contribution in [1.82, 2.24) is 0 Å². The maximum atomic E-state index is 12.4. The highest BCUT2D eigenvalue weighted by Gasteiger charge is 2.19. The first-order valence-corrected chi connectivity index (χ1v) is 6.42. The normalized spacial score (nSPS) is 10.1. The fourth-order valence-electron chi connectivity index (χ4n) is 1.99. The minimum absolute atomic E-state index is 0.0224. The Balaban J connectivity index is 2.23. The number of amides is 1. The van der Waals surface area contributed by atoms with Crippen LogP contribution in [-0.2, 0) is 16.0 Å². The molecule has 1 amide bonds. The third-order valence-electron chi connectivity index (χ3n) is 3.00. The van der Waals surface area contributed by atoms with Crippen molar-refractivity contribution >= 4 is 17.6 Å². The van der Waals surface area contributed by atoms with Crippen molar-refractivity contribution in [3.8, 4) is 5.75 Å². The molecule has 0 saturated heterocycles. The summed E-state index contributed by atoms with van der Waals surface area (Å²) < 4.78 is 0. The maximum absolute atomic E-state index is 12.4. The number of carbonyl (C=O) groups is 2. The molecular formula is C16H15NO4. The number of nitrogens with zero attached hydrogens (tertiary/aromatic N) is 1. The van der Waals surface area contributed by atoms with E-state index in [1.165, 1.54) is 11.0 Å². The molecule has 0 aromatic heterocycles. The second-order valence-corrected chi connectivity index (χ2v) is 4.51. The van der Waals surface area contributed by atoms with Gasteiger partial charge < -0.3 is 15.1 Å². The van der Waals surface area contributed by atoms with E-state index < -0.39 is 12.5 Å². The molecule has 0 aliphatic rings. The Bertz CT molecular complexity index is 640. The number of carboxylic acids is 1. The lowest BCUT2D eigenvalue weighted by Crippen LogP contribution is -2.36. The van der Waals surface area contributed by atoms with Crippen molar-refractivity contribution in [2.75, 3.05) is 11.4 Å². The molecule has 2 N–H and O–H groups in total. The Morgan fingerprint density at radius 3 is 2.19 bits per heavy atom. The molecule has 0 fully saturated rings. The number of anilines is 1. The number of carbonyl (C=O) groups excluding carboxylic acids is 1. The van der Waals surface area contributed by atoms with E-state index in [-0.39, 0.29) is 18.1 Å². The molecule has 0 spiro atoms. The minimum atomic E-state index is -1.09. The van der Waals surface area contributed by atoms with E-state index in [2.05, 4.69) is 0 Å². The summed E-state index contributed by atoms with van der Waals surface area (Å²) in [4.78, 5) is 24.5. The van der Waals surface area contributed by atoms with E-state index in [0.717, 1.165) is 0 Å². The van der Waals surface area contributed by atoms with E-state index in [1.54, 1.807) is 48.5 Å². The average Bonchev–Trinajstić information content (AvgIpc) is 2.48. The van der Waals surface area contributed by atoms with Crippen LogP contribution in [0, 0.1) is 0 Å². The lowest BCUT2D eigenvalue weighted by Gasteiger charge is -2.21. The van der Waals surface area contributed by atoms with Crippen molar-refractivity contribution in [3.63, 3.8) is 0 Å². The zero-order valence-corrected chi connectivity index (χ0v) is 11.3. The highest BCUT2D eigenvalue weighted by molar-refractivity contribution is 5.98. The number of aliphatic carboxylic acids is 1. The standard InChI is InChI=1S/C16H15NO4/c18-14-9-5-4-6-12(14)10-15(19)17(11-16(20)21)13-7-2-1-3-8-13/h1-9,18H,10-11H2,(H,20,21). The molecule has 0 saturated carbocycles. The van der Waals surface area contributed by atoms with E-state index in [4.69, 9.17) is 5.11 Å². The van der Waals surface area contributed by atoms with Gasteiger partial charge in [-0.2, -0.15) is 0 Å². The Kier molecular flexibility index (Phi) is 4.56. The van der Waals surface area contributed by atoms with Gasteiger partial charge in [0.1, 0.15) is 12.3 Å². The molecular weight excluding hydrogens is 270 g/mol. The first-order valence-electron chi connectivity index (χ1n) is 6.42. The fourth-order valence-corrected chi connectivity index (χ4v) is 1.99. The van der Waals surface area contributed by atoms with Crippen molar-refractivity contribution < 1.29 is 19.8 Å². The van der Waals surface area contributed by atoms with Crippen LogP contribution in [0.5, 0.6) is 5.75 Å². The SMILES string of the molecule is O=C(O)CN(C(=O)Cc1ccccc1O)c1ccccc1. The highest BCUT2D eigenvalue weighted by atomic mass is 16.4. The molecule has 5 nitrogen and oxygen atoms in total. The van der Waals surface area contributed by atoms with Gasteiger partial charge in [-0.15, -0.1) is 0 Å². The number of carboxylic acid groups (broad SMARTS) is 1. The van der Waals surface area contributed by atoms with Gasteiger partial charge in [-0.1, -0.05) is 36.4 Å². The topological polar surface area (TPSA) is 77.8 Å². The summed E-state index contributed by atoms with van der Waals surface area (Å²) >= 11 is 0. The van der Waals surface area contributed by atoms with Crippen LogP contribution in [0.25, 0.3) is 0 Å². The summed E-state index contributed by atoms with van der Waals surface area (Å²) in [5.41, 5.74) is 0.981. The number of hydrogen-bond donors (Lipinski definition) is 2. The number of aromatic hydroxyl groups is 1.